The van der Waals surface area contributed by atoms with Gasteiger partial charge in [-0.25, -0.2) is 0 Å². The van der Waals surface area contributed by atoms with Gasteiger partial charge in [0.15, 0.2) is 5.17 Å². The molecule has 0 spiro atoms. The largest absolute Gasteiger partial charge is 0.497 e. The summed E-state index contributed by atoms with van der Waals surface area (Å²) >= 11 is 1.45. The van der Waals surface area contributed by atoms with Crippen molar-refractivity contribution < 1.29 is 14.3 Å². The number of carbonyl (C=O) groups is 1. The number of amides is 1. The molecule has 1 saturated heterocycles. The number of methoxy groups -OCH3 is 1. The molecule has 0 radical (unpaired) electrons. The van der Waals surface area contributed by atoms with Crippen LogP contribution in [0.15, 0.2) is 52.4 Å². The molecule has 1 aliphatic heterocycles. The number of aliphatic imine (C=N–C) groups is 1. The van der Waals surface area contributed by atoms with Gasteiger partial charge in [-0.05, 0) is 78.1 Å². The van der Waals surface area contributed by atoms with Crippen molar-refractivity contribution in [1.82, 2.24) is 4.90 Å². The van der Waals surface area contributed by atoms with Gasteiger partial charge in [-0.2, -0.15) is 0 Å². The van der Waals surface area contributed by atoms with Crippen LogP contribution in [0.2, 0.25) is 0 Å². The monoisotopic (exact) mass is 452 g/mol. The lowest BCUT2D eigenvalue weighted by atomic mass is 10.1. The molecule has 0 saturated carbocycles. The second kappa shape index (κ2) is 11.2. The number of hydrogen-bond acceptors (Lipinski definition) is 5. The van der Waals surface area contributed by atoms with Crippen LogP contribution in [0.5, 0.6) is 11.5 Å². The van der Waals surface area contributed by atoms with Crippen molar-refractivity contribution in [3.05, 3.63) is 64.1 Å². The zero-order valence-electron chi connectivity index (χ0n) is 19.6. The molecule has 0 aromatic heterocycles. The lowest BCUT2D eigenvalue weighted by molar-refractivity contribution is -0.122. The second-order valence-corrected chi connectivity index (χ2v) is 9.25. The van der Waals surface area contributed by atoms with Gasteiger partial charge in [0.25, 0.3) is 5.91 Å². The van der Waals surface area contributed by atoms with Crippen molar-refractivity contribution in [2.24, 2.45) is 10.9 Å². The van der Waals surface area contributed by atoms with Gasteiger partial charge < -0.3 is 9.47 Å². The topological polar surface area (TPSA) is 51.1 Å². The van der Waals surface area contributed by atoms with Crippen molar-refractivity contribution in [3.63, 3.8) is 0 Å². The van der Waals surface area contributed by atoms with Crippen LogP contribution in [0.4, 0.5) is 0 Å². The molecule has 1 fully saturated rings. The minimum absolute atomic E-state index is 0.0149. The molecule has 170 valence electrons. The Morgan fingerprint density at radius 3 is 2.53 bits per heavy atom. The number of nitrogens with zero attached hydrogens (tertiary/aromatic N) is 2. The van der Waals surface area contributed by atoms with Crippen molar-refractivity contribution in [2.45, 2.75) is 40.7 Å². The molecule has 2 aromatic rings. The maximum atomic E-state index is 13.2. The third-order valence-electron chi connectivity index (χ3n) is 4.95. The summed E-state index contributed by atoms with van der Waals surface area (Å²) in [6.07, 6.45) is 2.92. The van der Waals surface area contributed by atoms with Gasteiger partial charge >= 0.3 is 0 Å². The van der Waals surface area contributed by atoms with Gasteiger partial charge in [-0.15, -0.1) is 0 Å². The van der Waals surface area contributed by atoms with E-state index in [-0.39, 0.29) is 5.91 Å². The lowest BCUT2D eigenvalue weighted by Crippen LogP contribution is -2.32. The van der Waals surface area contributed by atoms with Crippen LogP contribution in [-0.4, -0.2) is 36.2 Å². The van der Waals surface area contributed by atoms with Crippen molar-refractivity contribution >= 4 is 28.9 Å². The Morgan fingerprint density at radius 1 is 1.16 bits per heavy atom. The zero-order chi connectivity index (χ0) is 23.1. The van der Waals surface area contributed by atoms with E-state index in [1.807, 2.05) is 49.4 Å². The molecule has 1 amide bonds. The Balaban J connectivity index is 1.81. The van der Waals surface area contributed by atoms with Crippen LogP contribution in [-0.2, 0) is 11.3 Å². The number of benzene rings is 2. The summed E-state index contributed by atoms with van der Waals surface area (Å²) in [6.45, 7) is 10.2. The van der Waals surface area contributed by atoms with E-state index in [1.54, 1.807) is 12.0 Å². The van der Waals surface area contributed by atoms with Gasteiger partial charge in [0, 0.05) is 6.54 Å². The number of aryl methyl sites for hydroxylation is 1. The summed E-state index contributed by atoms with van der Waals surface area (Å²) < 4.78 is 11.0. The van der Waals surface area contributed by atoms with Gasteiger partial charge in [-0.3, -0.25) is 14.7 Å². The average Bonchev–Trinajstić information content (AvgIpc) is 3.06. The SMILES string of the molecule is CCCOc1ccc(/C=C2\SC(=NCc3ccc(OC)cc3)N(CC(C)C)C2=O)cc1C. The molecule has 1 aliphatic rings. The number of thioether (sulfide) groups is 1. The first-order chi connectivity index (χ1) is 15.4. The van der Waals surface area contributed by atoms with E-state index < -0.39 is 0 Å². The smallest absolute Gasteiger partial charge is 0.266 e. The van der Waals surface area contributed by atoms with Crippen LogP contribution in [0.25, 0.3) is 6.08 Å². The summed E-state index contributed by atoms with van der Waals surface area (Å²) in [5, 5.41) is 0.755. The Morgan fingerprint density at radius 2 is 1.91 bits per heavy atom. The van der Waals surface area contributed by atoms with E-state index in [4.69, 9.17) is 14.5 Å². The molecule has 0 N–H and O–H groups in total. The fourth-order valence-corrected chi connectivity index (χ4v) is 4.32. The zero-order valence-corrected chi connectivity index (χ0v) is 20.4. The third-order valence-corrected chi connectivity index (χ3v) is 5.99. The number of hydrogen-bond donors (Lipinski definition) is 0. The molecule has 0 bridgehead atoms. The Labute approximate surface area is 195 Å². The molecule has 0 unspecified atom stereocenters. The fourth-order valence-electron chi connectivity index (χ4n) is 3.33. The summed E-state index contributed by atoms with van der Waals surface area (Å²) in [6, 6.07) is 13.9. The molecule has 3 rings (SSSR count). The first-order valence-corrected chi connectivity index (χ1v) is 11.8. The Hall–Kier alpha value is -2.73. The molecule has 6 heteroatoms. The van der Waals surface area contributed by atoms with Crippen molar-refractivity contribution in [3.8, 4) is 11.5 Å². The minimum Gasteiger partial charge on any atom is -0.497 e. The number of carbonyl (C=O) groups excluding carboxylic acids is 1. The van der Waals surface area contributed by atoms with Crippen molar-refractivity contribution in [2.75, 3.05) is 20.3 Å². The highest BCUT2D eigenvalue weighted by molar-refractivity contribution is 8.18. The van der Waals surface area contributed by atoms with E-state index in [0.29, 0.717) is 30.5 Å². The van der Waals surface area contributed by atoms with Gasteiger partial charge in [0.05, 0.1) is 25.2 Å². The third kappa shape index (κ3) is 6.16. The maximum absolute atomic E-state index is 13.2. The molecular weight excluding hydrogens is 420 g/mol. The number of rotatable bonds is 9. The highest BCUT2D eigenvalue weighted by Gasteiger charge is 2.33. The van der Waals surface area contributed by atoms with E-state index in [2.05, 4.69) is 26.8 Å². The van der Waals surface area contributed by atoms with Crippen LogP contribution in [0.3, 0.4) is 0 Å². The van der Waals surface area contributed by atoms with E-state index in [0.717, 1.165) is 39.8 Å². The predicted octanol–water partition coefficient (Wildman–Crippen LogP) is 5.92. The first kappa shape index (κ1) is 23.9. The molecule has 1 heterocycles. The summed E-state index contributed by atoms with van der Waals surface area (Å²) in [5.74, 6) is 2.07. The summed E-state index contributed by atoms with van der Waals surface area (Å²) in [5.41, 5.74) is 3.13. The molecule has 2 aromatic carbocycles. The lowest BCUT2D eigenvalue weighted by Gasteiger charge is -2.17. The number of ether oxygens (including phenoxy) is 2. The highest BCUT2D eigenvalue weighted by Crippen LogP contribution is 2.34. The highest BCUT2D eigenvalue weighted by atomic mass is 32.2. The van der Waals surface area contributed by atoms with E-state index >= 15 is 0 Å². The molecular formula is C26H32N2O3S. The molecule has 32 heavy (non-hydrogen) atoms. The van der Waals surface area contributed by atoms with Crippen LogP contribution < -0.4 is 9.47 Å². The Kier molecular flexibility index (Phi) is 8.39. The normalized spacial score (nSPS) is 16.4. The van der Waals surface area contributed by atoms with Crippen LogP contribution in [0, 0.1) is 12.8 Å². The van der Waals surface area contributed by atoms with Gasteiger partial charge in [0.2, 0.25) is 0 Å². The van der Waals surface area contributed by atoms with Gasteiger partial charge in [-0.1, -0.05) is 39.0 Å². The maximum Gasteiger partial charge on any atom is 0.266 e. The van der Waals surface area contributed by atoms with Crippen molar-refractivity contribution in [1.29, 1.82) is 0 Å². The van der Waals surface area contributed by atoms with Gasteiger partial charge in [0.1, 0.15) is 11.5 Å². The Bertz CT molecular complexity index is 997. The quantitative estimate of drug-likeness (QED) is 0.443. The summed E-state index contributed by atoms with van der Waals surface area (Å²) in [4.78, 5) is 20.4. The standard InChI is InChI=1S/C26H32N2O3S/c1-6-13-31-23-12-9-21(14-19(23)4)15-24-25(29)28(17-18(2)3)26(32-24)27-16-20-7-10-22(30-5)11-8-20/h7-12,14-15,18H,6,13,16-17H2,1-5H3/b24-15-,27-26?. The minimum atomic E-state index is 0.0149. The van der Waals surface area contributed by atoms with E-state index in [1.165, 1.54) is 11.8 Å². The molecule has 0 atom stereocenters. The molecule has 5 nitrogen and oxygen atoms in total. The van der Waals surface area contributed by atoms with E-state index in [9.17, 15) is 4.79 Å². The van der Waals surface area contributed by atoms with Crippen LogP contribution in [0.1, 0.15) is 43.9 Å². The van der Waals surface area contributed by atoms with Crippen LogP contribution >= 0.6 is 11.8 Å². The first-order valence-electron chi connectivity index (χ1n) is 11.0. The number of amidine groups is 1. The second-order valence-electron chi connectivity index (χ2n) is 8.24. The predicted molar refractivity (Wildman–Crippen MR) is 133 cm³/mol. The fraction of sp³-hybridized carbons (Fsp3) is 0.385. The summed E-state index contributed by atoms with van der Waals surface area (Å²) in [7, 11) is 1.65. The molecule has 0 aliphatic carbocycles. The average molecular weight is 453 g/mol.